The summed E-state index contributed by atoms with van der Waals surface area (Å²) in [6.45, 7) is 3.93. The van der Waals surface area contributed by atoms with E-state index in [1.165, 1.54) is 16.1 Å². The van der Waals surface area contributed by atoms with Crippen molar-refractivity contribution in [1.29, 1.82) is 0 Å². The van der Waals surface area contributed by atoms with Crippen LogP contribution in [0.3, 0.4) is 0 Å². The van der Waals surface area contributed by atoms with Crippen LogP contribution in [0.1, 0.15) is 22.6 Å². The van der Waals surface area contributed by atoms with E-state index in [0.717, 1.165) is 34.7 Å². The molecule has 3 nitrogen and oxygen atoms in total. The number of nitrogens with zero attached hydrogens (tertiary/aromatic N) is 1. The topological polar surface area (TPSA) is 40.7 Å². The van der Waals surface area contributed by atoms with Crippen LogP contribution in [0.25, 0.3) is 0 Å². The maximum absolute atomic E-state index is 5.99. The predicted octanol–water partition coefficient (Wildman–Crippen LogP) is 3.92. The molecule has 2 rings (SSSR count). The molecule has 2 aromatic rings. The van der Waals surface area contributed by atoms with Gasteiger partial charge in [0, 0.05) is 21.6 Å². The van der Waals surface area contributed by atoms with E-state index in [2.05, 4.69) is 44.4 Å². The molecule has 0 bridgehead atoms. The highest BCUT2D eigenvalue weighted by atomic mass is 79.9. The number of aromatic nitrogens is 2. The van der Waals surface area contributed by atoms with Crippen molar-refractivity contribution < 1.29 is 0 Å². The highest BCUT2D eigenvalue weighted by Gasteiger charge is 2.04. The van der Waals surface area contributed by atoms with Crippen LogP contribution in [-0.2, 0) is 13.0 Å². The number of rotatable bonds is 6. The average Bonchev–Trinajstić information content (AvgIpc) is 2.87. The first-order valence-electron chi connectivity index (χ1n) is 5.80. The molecule has 0 saturated carbocycles. The summed E-state index contributed by atoms with van der Waals surface area (Å²) in [6.07, 6.45) is 4.08. The van der Waals surface area contributed by atoms with Crippen molar-refractivity contribution in [3.05, 3.63) is 37.2 Å². The van der Waals surface area contributed by atoms with E-state index in [1.807, 2.05) is 6.20 Å². The zero-order valence-electron chi connectivity index (χ0n) is 10.1. The highest BCUT2D eigenvalue weighted by molar-refractivity contribution is 9.10. The third kappa shape index (κ3) is 3.82. The van der Waals surface area contributed by atoms with E-state index in [0.29, 0.717) is 0 Å². The molecule has 0 atom stereocenters. The molecule has 0 aliphatic carbocycles. The van der Waals surface area contributed by atoms with E-state index in [4.69, 9.17) is 11.6 Å². The Balaban J connectivity index is 1.66. The molecule has 2 aromatic heterocycles. The van der Waals surface area contributed by atoms with Gasteiger partial charge in [-0.15, -0.1) is 11.3 Å². The second kappa shape index (κ2) is 6.70. The first kappa shape index (κ1) is 14.1. The van der Waals surface area contributed by atoms with Gasteiger partial charge >= 0.3 is 0 Å². The smallest absolute Gasteiger partial charge is 0.107 e. The summed E-state index contributed by atoms with van der Waals surface area (Å²) in [5.41, 5.74) is 2.47. The van der Waals surface area contributed by atoms with Gasteiger partial charge in [0.25, 0.3) is 0 Å². The third-order valence-corrected chi connectivity index (χ3v) is 5.20. The summed E-state index contributed by atoms with van der Waals surface area (Å²) in [6, 6.07) is 2.07. The molecule has 6 heteroatoms. The maximum atomic E-state index is 5.99. The van der Waals surface area contributed by atoms with Crippen LogP contribution in [0.5, 0.6) is 0 Å². The van der Waals surface area contributed by atoms with Crippen LogP contribution in [0.2, 0.25) is 4.34 Å². The van der Waals surface area contributed by atoms with Gasteiger partial charge in [0.1, 0.15) is 4.34 Å². The first-order chi connectivity index (χ1) is 8.66. The predicted molar refractivity (Wildman–Crippen MR) is 80.4 cm³/mol. The Morgan fingerprint density at radius 3 is 3.00 bits per heavy atom. The second-order valence-corrected chi connectivity index (χ2v) is 6.73. The van der Waals surface area contributed by atoms with Gasteiger partial charge in [-0.1, -0.05) is 11.6 Å². The fourth-order valence-corrected chi connectivity index (χ4v) is 3.48. The molecule has 0 aliphatic heterocycles. The van der Waals surface area contributed by atoms with Crippen LogP contribution < -0.4 is 5.32 Å². The Morgan fingerprint density at radius 1 is 1.56 bits per heavy atom. The van der Waals surface area contributed by atoms with E-state index < -0.39 is 0 Å². The lowest BCUT2D eigenvalue weighted by Crippen LogP contribution is -2.14. The van der Waals surface area contributed by atoms with Crippen molar-refractivity contribution >= 4 is 38.9 Å². The Hall–Kier alpha value is -0.360. The first-order valence-corrected chi connectivity index (χ1v) is 7.79. The van der Waals surface area contributed by atoms with Gasteiger partial charge in [-0.05, 0) is 53.9 Å². The maximum Gasteiger partial charge on any atom is 0.107 e. The van der Waals surface area contributed by atoms with E-state index in [9.17, 15) is 0 Å². The summed E-state index contributed by atoms with van der Waals surface area (Å²) in [4.78, 5) is 1.26. The number of thiophene rings is 1. The molecule has 2 N–H and O–H groups in total. The molecule has 0 amide bonds. The number of nitrogens with one attached hydrogen (secondary N) is 2. The van der Waals surface area contributed by atoms with Crippen molar-refractivity contribution in [2.24, 2.45) is 0 Å². The van der Waals surface area contributed by atoms with Crippen molar-refractivity contribution in [2.75, 3.05) is 6.54 Å². The standard InChI is InChI=1S/C12H15BrClN3S/c1-8-9(6-16-17-8)3-2-4-15-7-10-5-11(13)12(14)18-10/h5-6,15H,2-4,7H2,1H3,(H,16,17). The van der Waals surface area contributed by atoms with E-state index >= 15 is 0 Å². The van der Waals surface area contributed by atoms with Crippen molar-refractivity contribution in [3.63, 3.8) is 0 Å². The number of halogens is 2. The molecule has 2 heterocycles. The normalized spacial score (nSPS) is 11.1. The van der Waals surface area contributed by atoms with Gasteiger partial charge in [-0.25, -0.2) is 0 Å². The monoisotopic (exact) mass is 347 g/mol. The van der Waals surface area contributed by atoms with Gasteiger partial charge in [0.05, 0.1) is 6.20 Å². The van der Waals surface area contributed by atoms with Gasteiger partial charge < -0.3 is 5.32 Å². The second-order valence-electron chi connectivity index (χ2n) is 4.13. The Labute approximate surface area is 124 Å². The largest absolute Gasteiger partial charge is 0.312 e. The molecule has 0 aromatic carbocycles. The molecule has 0 spiro atoms. The minimum Gasteiger partial charge on any atom is -0.312 e. The SMILES string of the molecule is Cc1[nH]ncc1CCCNCc1cc(Br)c(Cl)s1. The third-order valence-electron chi connectivity index (χ3n) is 2.73. The zero-order chi connectivity index (χ0) is 13.0. The number of hydrogen-bond acceptors (Lipinski definition) is 3. The van der Waals surface area contributed by atoms with E-state index in [-0.39, 0.29) is 0 Å². The summed E-state index contributed by atoms with van der Waals surface area (Å²) in [7, 11) is 0. The van der Waals surface area contributed by atoms with Crippen LogP contribution in [0, 0.1) is 6.92 Å². The molecule has 0 unspecified atom stereocenters. The number of aryl methyl sites for hydroxylation is 2. The number of aromatic amines is 1. The number of hydrogen-bond donors (Lipinski definition) is 2. The lowest BCUT2D eigenvalue weighted by atomic mass is 10.1. The average molecular weight is 349 g/mol. The molecule has 98 valence electrons. The van der Waals surface area contributed by atoms with Gasteiger partial charge in [-0.2, -0.15) is 5.10 Å². The molecule has 0 fully saturated rings. The zero-order valence-corrected chi connectivity index (χ0v) is 13.3. The highest BCUT2D eigenvalue weighted by Crippen LogP contribution is 2.31. The fourth-order valence-electron chi connectivity index (χ4n) is 1.72. The Bertz CT molecular complexity index is 490. The molecular formula is C12H15BrClN3S. The van der Waals surface area contributed by atoms with Crippen LogP contribution >= 0.6 is 38.9 Å². The quantitative estimate of drug-likeness (QED) is 0.777. The number of H-pyrrole nitrogens is 1. The van der Waals surface area contributed by atoms with Crippen molar-refractivity contribution in [2.45, 2.75) is 26.3 Å². The van der Waals surface area contributed by atoms with Crippen LogP contribution in [0.4, 0.5) is 0 Å². The molecular weight excluding hydrogens is 334 g/mol. The van der Waals surface area contributed by atoms with Gasteiger partial charge in [0.15, 0.2) is 0 Å². The Morgan fingerprint density at radius 2 is 2.39 bits per heavy atom. The van der Waals surface area contributed by atoms with E-state index in [1.54, 1.807) is 11.3 Å². The van der Waals surface area contributed by atoms with Gasteiger partial charge in [-0.3, -0.25) is 5.10 Å². The van der Waals surface area contributed by atoms with Crippen LogP contribution in [0.15, 0.2) is 16.7 Å². The Kier molecular flexibility index (Phi) is 5.24. The van der Waals surface area contributed by atoms with Crippen LogP contribution in [-0.4, -0.2) is 16.7 Å². The summed E-state index contributed by atoms with van der Waals surface area (Å²) < 4.78 is 1.81. The lowest BCUT2D eigenvalue weighted by molar-refractivity contribution is 0.653. The molecule has 0 radical (unpaired) electrons. The van der Waals surface area contributed by atoms with Crippen molar-refractivity contribution in [3.8, 4) is 0 Å². The summed E-state index contributed by atoms with van der Waals surface area (Å²) >= 11 is 11.0. The van der Waals surface area contributed by atoms with Gasteiger partial charge in [0.2, 0.25) is 0 Å². The van der Waals surface area contributed by atoms with Crippen molar-refractivity contribution in [1.82, 2.24) is 15.5 Å². The minimum absolute atomic E-state index is 0.820. The molecule has 0 saturated heterocycles. The lowest BCUT2D eigenvalue weighted by Gasteiger charge is -2.02. The molecule has 0 aliphatic rings. The molecule has 18 heavy (non-hydrogen) atoms. The fraction of sp³-hybridized carbons (Fsp3) is 0.417. The minimum atomic E-state index is 0.820. The summed E-state index contributed by atoms with van der Waals surface area (Å²) in [5.74, 6) is 0. The summed E-state index contributed by atoms with van der Waals surface area (Å²) in [5, 5.41) is 10.4.